The number of hydrogen-bond donors (Lipinski definition) is 2. The maximum atomic E-state index is 12.4. The number of aryl methyl sites for hydroxylation is 1. The van der Waals surface area contributed by atoms with Crippen molar-refractivity contribution in [3.63, 3.8) is 0 Å². The fourth-order valence-corrected chi connectivity index (χ4v) is 4.80. The number of carboxylic acids is 1. The van der Waals surface area contributed by atoms with E-state index >= 15 is 0 Å². The predicted molar refractivity (Wildman–Crippen MR) is 79.3 cm³/mol. The van der Waals surface area contributed by atoms with Crippen LogP contribution in [0.5, 0.6) is 0 Å². The topological polar surface area (TPSA) is 99.6 Å². The number of rotatable bonds is 5. The van der Waals surface area contributed by atoms with E-state index in [-0.39, 0.29) is 6.54 Å². The molecule has 9 heteroatoms. The Kier molecular flexibility index (Phi) is 4.97. The molecule has 0 radical (unpaired) electrons. The highest BCUT2D eigenvalue weighted by atomic mass is 32.2. The minimum Gasteiger partial charge on any atom is -0.480 e. The van der Waals surface area contributed by atoms with Gasteiger partial charge in [-0.15, -0.1) is 11.3 Å². The van der Waals surface area contributed by atoms with Gasteiger partial charge in [-0.2, -0.15) is 17.4 Å². The van der Waals surface area contributed by atoms with Crippen LogP contribution in [0.4, 0.5) is 0 Å². The quantitative estimate of drug-likeness (QED) is 0.846. The molecular weight excluding hydrogens is 314 g/mol. The van der Waals surface area contributed by atoms with E-state index in [2.05, 4.69) is 9.71 Å². The van der Waals surface area contributed by atoms with Crippen molar-refractivity contribution in [3.05, 3.63) is 16.1 Å². The van der Waals surface area contributed by atoms with Gasteiger partial charge in [0.15, 0.2) is 0 Å². The molecule has 1 aromatic heterocycles. The third-order valence-electron chi connectivity index (χ3n) is 3.38. The Labute approximate surface area is 128 Å². The van der Waals surface area contributed by atoms with E-state index in [9.17, 15) is 18.3 Å². The molecule has 1 aliphatic heterocycles. The van der Waals surface area contributed by atoms with Crippen LogP contribution in [0.15, 0.2) is 6.20 Å². The van der Waals surface area contributed by atoms with Crippen LogP contribution in [0, 0.1) is 6.92 Å². The molecule has 0 spiro atoms. The van der Waals surface area contributed by atoms with E-state index < -0.39 is 28.3 Å². The second-order valence-electron chi connectivity index (χ2n) is 5.11. The van der Waals surface area contributed by atoms with E-state index in [1.807, 2.05) is 6.92 Å². The summed E-state index contributed by atoms with van der Waals surface area (Å²) >= 11 is 1.42. The summed E-state index contributed by atoms with van der Waals surface area (Å²) in [5.74, 6) is -1.10. The second kappa shape index (κ2) is 6.39. The van der Waals surface area contributed by atoms with Crippen LogP contribution in [0.25, 0.3) is 0 Å². The molecule has 7 nitrogen and oxygen atoms in total. The van der Waals surface area contributed by atoms with E-state index in [0.29, 0.717) is 17.8 Å². The molecule has 1 saturated heterocycles. The van der Waals surface area contributed by atoms with Crippen LogP contribution in [-0.2, 0) is 15.0 Å². The molecule has 2 rings (SSSR count). The Morgan fingerprint density at radius 3 is 2.86 bits per heavy atom. The van der Waals surface area contributed by atoms with Gasteiger partial charge in [0.25, 0.3) is 10.2 Å². The Bertz CT molecular complexity index is 614. The maximum Gasteiger partial charge on any atom is 0.322 e. The van der Waals surface area contributed by atoms with Crippen molar-refractivity contribution in [1.29, 1.82) is 0 Å². The Morgan fingerprint density at radius 2 is 2.29 bits per heavy atom. The number of nitrogens with one attached hydrogen (secondary N) is 1. The van der Waals surface area contributed by atoms with Gasteiger partial charge in [0.05, 0.1) is 6.04 Å². The van der Waals surface area contributed by atoms with E-state index in [1.54, 1.807) is 13.1 Å². The number of carboxylic acid groups (broad SMARTS) is 1. The third-order valence-corrected chi connectivity index (χ3v) is 6.18. The van der Waals surface area contributed by atoms with Gasteiger partial charge in [-0.25, -0.2) is 4.98 Å². The first-order valence-corrected chi connectivity index (χ1v) is 9.01. The number of aliphatic carboxylic acids is 1. The normalized spacial score (nSPS) is 22.1. The molecule has 2 N–H and O–H groups in total. The average Bonchev–Trinajstić information content (AvgIpc) is 2.85. The average molecular weight is 333 g/mol. The van der Waals surface area contributed by atoms with Gasteiger partial charge in [0.2, 0.25) is 0 Å². The minimum absolute atomic E-state index is 0.232. The Balaban J connectivity index is 2.14. The monoisotopic (exact) mass is 333 g/mol. The first-order valence-electron chi connectivity index (χ1n) is 6.75. The summed E-state index contributed by atoms with van der Waals surface area (Å²) in [6, 6.07) is -1.47. The molecule has 0 aromatic carbocycles. The van der Waals surface area contributed by atoms with Gasteiger partial charge in [0.1, 0.15) is 11.0 Å². The summed E-state index contributed by atoms with van der Waals surface area (Å²) in [6.07, 6.45) is 3.44. The Morgan fingerprint density at radius 1 is 1.57 bits per heavy atom. The molecule has 1 aromatic rings. The zero-order valence-corrected chi connectivity index (χ0v) is 13.6. The smallest absolute Gasteiger partial charge is 0.322 e. The number of carbonyl (C=O) groups is 1. The first-order chi connectivity index (χ1) is 9.81. The molecule has 0 amide bonds. The van der Waals surface area contributed by atoms with Crippen molar-refractivity contribution < 1.29 is 18.3 Å². The summed E-state index contributed by atoms with van der Waals surface area (Å²) in [5, 5.41) is 9.85. The van der Waals surface area contributed by atoms with E-state index in [4.69, 9.17) is 0 Å². The number of thiazole rings is 1. The lowest BCUT2D eigenvalue weighted by atomic mass is 10.1. The number of piperidine rings is 1. The molecular formula is C12H19N3O4S2. The lowest BCUT2D eigenvalue weighted by Gasteiger charge is -2.32. The summed E-state index contributed by atoms with van der Waals surface area (Å²) in [7, 11) is -3.85. The predicted octanol–water partition coefficient (Wildman–Crippen LogP) is 1.29. The molecule has 2 heterocycles. The molecule has 1 fully saturated rings. The van der Waals surface area contributed by atoms with Crippen LogP contribution in [-0.4, -0.2) is 41.4 Å². The van der Waals surface area contributed by atoms with Crippen LogP contribution < -0.4 is 4.72 Å². The zero-order chi connectivity index (χ0) is 15.6. The summed E-state index contributed by atoms with van der Waals surface area (Å²) < 4.78 is 28.4. The van der Waals surface area contributed by atoms with Crippen molar-refractivity contribution in [2.24, 2.45) is 0 Å². The van der Waals surface area contributed by atoms with Crippen molar-refractivity contribution in [3.8, 4) is 0 Å². The van der Waals surface area contributed by atoms with E-state index in [1.165, 1.54) is 11.3 Å². The molecule has 2 atom stereocenters. The SMILES string of the molecule is Cc1cnc(C(C)NS(=O)(=O)N2CCCCC2C(=O)O)s1. The second-order valence-corrected chi connectivity index (χ2v) is 8.04. The van der Waals surface area contributed by atoms with Crippen molar-refractivity contribution in [2.45, 2.75) is 45.2 Å². The van der Waals surface area contributed by atoms with Crippen molar-refractivity contribution >= 4 is 27.5 Å². The van der Waals surface area contributed by atoms with Gasteiger partial charge in [-0.1, -0.05) is 0 Å². The van der Waals surface area contributed by atoms with E-state index in [0.717, 1.165) is 15.6 Å². The molecule has 0 saturated carbocycles. The number of aromatic nitrogens is 1. The van der Waals surface area contributed by atoms with Crippen LogP contribution in [0.1, 0.15) is 42.1 Å². The van der Waals surface area contributed by atoms with Gasteiger partial charge < -0.3 is 5.11 Å². The van der Waals surface area contributed by atoms with Gasteiger partial charge in [-0.05, 0) is 33.1 Å². The summed E-state index contributed by atoms with van der Waals surface area (Å²) in [6.45, 7) is 3.83. The zero-order valence-electron chi connectivity index (χ0n) is 11.9. The number of nitrogens with zero attached hydrogens (tertiary/aromatic N) is 2. The maximum absolute atomic E-state index is 12.4. The van der Waals surface area contributed by atoms with Gasteiger partial charge in [0, 0.05) is 17.6 Å². The highest BCUT2D eigenvalue weighted by Crippen LogP contribution is 2.24. The highest BCUT2D eigenvalue weighted by Gasteiger charge is 2.37. The minimum atomic E-state index is -3.85. The lowest BCUT2D eigenvalue weighted by Crippen LogP contribution is -2.52. The molecule has 2 unspecified atom stereocenters. The molecule has 0 aliphatic carbocycles. The van der Waals surface area contributed by atoms with Crippen molar-refractivity contribution in [2.75, 3.05) is 6.54 Å². The Hall–Kier alpha value is -1.03. The highest BCUT2D eigenvalue weighted by molar-refractivity contribution is 7.87. The fourth-order valence-electron chi connectivity index (χ4n) is 2.35. The molecule has 1 aliphatic rings. The molecule has 0 bridgehead atoms. The largest absolute Gasteiger partial charge is 0.480 e. The standard InChI is InChI=1S/C12H19N3O4S2/c1-8-7-13-11(20-8)9(2)14-21(18,19)15-6-4-3-5-10(15)12(16)17/h7,9-10,14H,3-6H2,1-2H3,(H,16,17). The summed E-state index contributed by atoms with van der Waals surface area (Å²) in [4.78, 5) is 16.4. The summed E-state index contributed by atoms with van der Waals surface area (Å²) in [5.41, 5.74) is 0. The number of hydrogen-bond acceptors (Lipinski definition) is 5. The van der Waals surface area contributed by atoms with Crippen molar-refractivity contribution in [1.82, 2.24) is 14.0 Å². The first kappa shape index (κ1) is 16.3. The third kappa shape index (κ3) is 3.79. The molecule has 21 heavy (non-hydrogen) atoms. The molecule has 118 valence electrons. The van der Waals surface area contributed by atoms with Gasteiger partial charge >= 0.3 is 5.97 Å². The fraction of sp³-hybridized carbons (Fsp3) is 0.667. The van der Waals surface area contributed by atoms with Crippen LogP contribution >= 0.6 is 11.3 Å². The van der Waals surface area contributed by atoms with Crippen LogP contribution in [0.3, 0.4) is 0 Å². The van der Waals surface area contributed by atoms with Gasteiger partial charge in [-0.3, -0.25) is 4.79 Å². The lowest BCUT2D eigenvalue weighted by molar-refractivity contribution is -0.142. The van der Waals surface area contributed by atoms with Crippen LogP contribution in [0.2, 0.25) is 0 Å².